The fraction of sp³-hybridized carbons (Fsp3) is 0.143. The van der Waals surface area contributed by atoms with Crippen molar-refractivity contribution in [1.82, 2.24) is 5.32 Å². The van der Waals surface area contributed by atoms with Gasteiger partial charge in [-0.1, -0.05) is 23.2 Å². The normalized spacial score (nSPS) is 20.7. The average molecular weight is 332 g/mol. The zero-order chi connectivity index (χ0) is 12.8. The molecule has 0 bridgehead atoms. The first-order valence-electron chi connectivity index (χ1n) is 4.02. The lowest BCUT2D eigenvalue weighted by molar-refractivity contribution is -0.117. The van der Waals surface area contributed by atoms with Crippen LogP contribution in [0.25, 0.3) is 0 Å². The molecule has 2 amide bonds. The van der Waals surface area contributed by atoms with Crippen LogP contribution in [0.3, 0.4) is 0 Å². The summed E-state index contributed by atoms with van der Waals surface area (Å²) in [7, 11) is -3.94. The molecule has 92 valence electrons. The maximum absolute atomic E-state index is 12.0. The highest BCUT2D eigenvalue weighted by molar-refractivity contribution is 8.24. The number of carbonyl (C=O) groups is 2. The summed E-state index contributed by atoms with van der Waals surface area (Å²) < 4.78 is 22.6. The second kappa shape index (κ2) is 4.43. The molecule has 1 saturated heterocycles. The number of hydrogen-bond acceptors (Lipinski definition) is 6. The van der Waals surface area contributed by atoms with Crippen LogP contribution >= 0.6 is 46.3 Å². The summed E-state index contributed by atoms with van der Waals surface area (Å²) in [5.74, 6) is -0.847. The van der Waals surface area contributed by atoms with Gasteiger partial charge in [-0.2, -0.15) is 0 Å². The molecule has 2 rings (SSSR count). The first-order chi connectivity index (χ1) is 7.82. The van der Waals surface area contributed by atoms with Crippen LogP contribution in [0.2, 0.25) is 9.36 Å². The van der Waals surface area contributed by atoms with E-state index in [1.807, 2.05) is 5.32 Å². The number of sulfone groups is 1. The summed E-state index contributed by atoms with van der Waals surface area (Å²) in [5.41, 5.74) is 0. The third-order valence-corrected chi connectivity index (χ3v) is 7.69. The molecule has 5 nitrogen and oxygen atoms in total. The summed E-state index contributed by atoms with van der Waals surface area (Å²) >= 11 is 12.5. The summed E-state index contributed by atoms with van der Waals surface area (Å²) in [6.45, 7) is 0. The maximum Gasteiger partial charge on any atom is 0.287 e. The summed E-state index contributed by atoms with van der Waals surface area (Å²) in [6, 6.07) is 1.17. The molecule has 1 fully saturated rings. The first-order valence-corrected chi connectivity index (χ1v) is 8.02. The van der Waals surface area contributed by atoms with E-state index in [9.17, 15) is 18.0 Å². The van der Waals surface area contributed by atoms with Gasteiger partial charge in [0.2, 0.25) is 9.84 Å². The van der Waals surface area contributed by atoms with Crippen LogP contribution in [0.15, 0.2) is 10.3 Å². The van der Waals surface area contributed by atoms with Crippen LogP contribution in [0, 0.1) is 0 Å². The highest BCUT2D eigenvalue weighted by atomic mass is 35.5. The Balaban J connectivity index is 2.43. The number of imide groups is 1. The topological polar surface area (TPSA) is 80.3 Å². The van der Waals surface area contributed by atoms with Gasteiger partial charge in [0.05, 0.1) is 5.02 Å². The Bertz CT molecular complexity index is 589. The summed E-state index contributed by atoms with van der Waals surface area (Å²) in [6.07, 6.45) is 0. The molecule has 1 unspecified atom stereocenters. The standard InChI is InChI=1S/C7H3Cl2NO4S3/c8-2-1-3(15-4(2)9)17(13,14)6-5(11)10-7(12)16-6/h1,6H,(H,10,11,12). The second-order valence-electron chi connectivity index (χ2n) is 2.96. The van der Waals surface area contributed by atoms with Gasteiger partial charge in [0, 0.05) is 0 Å². The van der Waals surface area contributed by atoms with Crippen molar-refractivity contribution in [3.05, 3.63) is 15.4 Å². The molecule has 17 heavy (non-hydrogen) atoms. The van der Waals surface area contributed by atoms with Crippen molar-refractivity contribution in [2.45, 2.75) is 8.79 Å². The van der Waals surface area contributed by atoms with E-state index in [1.165, 1.54) is 6.07 Å². The second-order valence-corrected chi connectivity index (χ2v) is 8.66. The number of carbonyl (C=O) groups excluding carboxylic acids is 2. The number of halogens is 2. The molecule has 1 aromatic heterocycles. The predicted octanol–water partition coefficient (Wildman–Crippen LogP) is 2.14. The number of nitrogens with one attached hydrogen (secondary N) is 1. The Hall–Kier alpha value is -0.280. The number of amides is 2. The minimum absolute atomic E-state index is 0.102. The average Bonchev–Trinajstić information content (AvgIpc) is 2.72. The van der Waals surface area contributed by atoms with Gasteiger partial charge in [-0.05, 0) is 17.8 Å². The summed E-state index contributed by atoms with van der Waals surface area (Å²) in [5, 5.41) is 1.33. The van der Waals surface area contributed by atoms with Crippen LogP contribution < -0.4 is 5.32 Å². The number of thioether (sulfide) groups is 1. The summed E-state index contributed by atoms with van der Waals surface area (Å²) in [4.78, 5) is 22.2. The maximum atomic E-state index is 12.0. The molecular weight excluding hydrogens is 329 g/mol. The van der Waals surface area contributed by atoms with Gasteiger partial charge in [0.25, 0.3) is 11.1 Å². The highest BCUT2D eigenvalue weighted by Crippen LogP contribution is 2.38. The van der Waals surface area contributed by atoms with Gasteiger partial charge >= 0.3 is 0 Å². The van der Waals surface area contributed by atoms with Crippen molar-refractivity contribution in [3.63, 3.8) is 0 Å². The van der Waals surface area contributed by atoms with Gasteiger partial charge in [-0.25, -0.2) is 8.42 Å². The van der Waals surface area contributed by atoms with Crippen LogP contribution in [0.4, 0.5) is 4.79 Å². The Labute approximate surface area is 114 Å². The SMILES string of the molecule is O=C1NC(=O)C(S(=O)(=O)c2cc(Cl)c(Cl)s2)S1. The Morgan fingerprint density at radius 3 is 2.35 bits per heavy atom. The molecule has 10 heteroatoms. The minimum atomic E-state index is -3.94. The molecule has 0 saturated carbocycles. The van der Waals surface area contributed by atoms with E-state index in [1.54, 1.807) is 0 Å². The van der Waals surface area contributed by atoms with Crippen molar-refractivity contribution in [2.75, 3.05) is 0 Å². The monoisotopic (exact) mass is 331 g/mol. The van der Waals surface area contributed by atoms with E-state index < -0.39 is 25.6 Å². The largest absolute Gasteiger partial charge is 0.287 e. The van der Waals surface area contributed by atoms with E-state index in [0.717, 1.165) is 11.3 Å². The number of rotatable bonds is 2. The van der Waals surface area contributed by atoms with Crippen molar-refractivity contribution in [1.29, 1.82) is 0 Å². The third-order valence-electron chi connectivity index (χ3n) is 1.84. The first kappa shape index (κ1) is 13.2. The molecule has 1 aromatic rings. The van der Waals surface area contributed by atoms with Gasteiger partial charge < -0.3 is 0 Å². The lowest BCUT2D eigenvalue weighted by Gasteiger charge is -2.04. The zero-order valence-electron chi connectivity index (χ0n) is 7.77. The smallest absolute Gasteiger partial charge is 0.285 e. The Morgan fingerprint density at radius 2 is 1.94 bits per heavy atom. The number of hydrogen-bond donors (Lipinski definition) is 1. The van der Waals surface area contributed by atoms with Crippen LogP contribution in [0.5, 0.6) is 0 Å². The van der Waals surface area contributed by atoms with Crippen molar-refractivity contribution in [3.8, 4) is 0 Å². The third kappa shape index (κ3) is 2.32. The fourth-order valence-corrected chi connectivity index (χ4v) is 6.04. The lowest BCUT2D eigenvalue weighted by Crippen LogP contribution is -2.29. The molecule has 1 aliphatic heterocycles. The van der Waals surface area contributed by atoms with Crippen molar-refractivity contribution >= 4 is 67.3 Å². The van der Waals surface area contributed by atoms with Gasteiger partial charge in [-0.15, -0.1) is 11.3 Å². The van der Waals surface area contributed by atoms with Crippen LogP contribution in [-0.2, 0) is 14.6 Å². The molecule has 1 atom stereocenters. The predicted molar refractivity (Wildman–Crippen MR) is 66.4 cm³/mol. The van der Waals surface area contributed by atoms with Gasteiger partial charge in [-0.3, -0.25) is 14.9 Å². The van der Waals surface area contributed by atoms with Crippen LogP contribution in [0.1, 0.15) is 0 Å². The zero-order valence-corrected chi connectivity index (χ0v) is 11.7. The molecule has 0 radical (unpaired) electrons. The quantitative estimate of drug-likeness (QED) is 0.897. The molecule has 1 aliphatic rings. The van der Waals surface area contributed by atoms with E-state index >= 15 is 0 Å². The number of thiophene rings is 1. The van der Waals surface area contributed by atoms with Gasteiger partial charge in [0.15, 0.2) is 4.58 Å². The van der Waals surface area contributed by atoms with E-state index in [-0.39, 0.29) is 13.6 Å². The molecule has 2 heterocycles. The van der Waals surface area contributed by atoms with Crippen molar-refractivity contribution < 1.29 is 18.0 Å². The van der Waals surface area contributed by atoms with Gasteiger partial charge in [0.1, 0.15) is 8.55 Å². The molecule has 0 aliphatic carbocycles. The molecule has 0 spiro atoms. The Kier molecular flexibility index (Phi) is 3.43. The lowest BCUT2D eigenvalue weighted by atomic mass is 10.7. The fourth-order valence-electron chi connectivity index (χ4n) is 1.12. The highest BCUT2D eigenvalue weighted by Gasteiger charge is 2.43. The molecule has 1 N–H and O–H groups in total. The van der Waals surface area contributed by atoms with E-state index in [2.05, 4.69) is 0 Å². The van der Waals surface area contributed by atoms with Crippen molar-refractivity contribution in [2.24, 2.45) is 0 Å². The van der Waals surface area contributed by atoms with E-state index in [0.29, 0.717) is 11.8 Å². The minimum Gasteiger partial charge on any atom is -0.285 e. The molecule has 0 aromatic carbocycles. The van der Waals surface area contributed by atoms with Crippen LogP contribution in [-0.4, -0.2) is 24.1 Å². The molecular formula is C7H3Cl2NO4S3. The van der Waals surface area contributed by atoms with E-state index in [4.69, 9.17) is 23.2 Å². The Morgan fingerprint density at radius 1 is 1.29 bits per heavy atom.